The van der Waals surface area contributed by atoms with E-state index in [0.29, 0.717) is 11.3 Å². The van der Waals surface area contributed by atoms with Crippen LogP contribution in [0.5, 0.6) is 0 Å². The van der Waals surface area contributed by atoms with Crippen LogP contribution in [0.15, 0.2) is 60.9 Å². The average Bonchev–Trinajstić information content (AvgIpc) is 3.51. The second-order valence-electron chi connectivity index (χ2n) is 7.20. The van der Waals surface area contributed by atoms with Gasteiger partial charge in [-0.25, -0.2) is 13.2 Å². The number of hydrogen-bond donors (Lipinski definition) is 3. The second kappa shape index (κ2) is 9.65. The van der Waals surface area contributed by atoms with Crippen LogP contribution in [-0.4, -0.2) is 55.0 Å². The van der Waals surface area contributed by atoms with Crippen LogP contribution < -0.4 is 5.32 Å². The zero-order valence-electron chi connectivity index (χ0n) is 17.1. The number of aliphatic hydroxyl groups excluding tert-OH is 1. The Bertz CT molecular complexity index is 1230. The summed E-state index contributed by atoms with van der Waals surface area (Å²) in [7, 11) is 0. The first kappa shape index (κ1) is 22.2. The molecule has 0 saturated carbocycles. The summed E-state index contributed by atoms with van der Waals surface area (Å²) in [4.78, 5) is 14.2. The molecule has 3 N–H and O–H groups in total. The van der Waals surface area contributed by atoms with Crippen molar-refractivity contribution in [2.24, 2.45) is 0 Å². The summed E-state index contributed by atoms with van der Waals surface area (Å²) in [5.74, 6) is -1.85. The van der Waals surface area contributed by atoms with Crippen molar-refractivity contribution in [3.05, 3.63) is 78.1 Å². The van der Waals surface area contributed by atoms with Gasteiger partial charge in [0, 0.05) is 11.1 Å². The molecule has 4 aromatic rings. The highest BCUT2D eigenvalue weighted by Gasteiger charge is 2.26. The van der Waals surface area contributed by atoms with E-state index in [2.05, 4.69) is 25.7 Å². The van der Waals surface area contributed by atoms with Crippen LogP contribution in [0, 0.1) is 11.6 Å². The molecule has 0 aliphatic heterocycles. The van der Waals surface area contributed by atoms with Crippen LogP contribution in [0.25, 0.3) is 22.5 Å². The Morgan fingerprint density at radius 3 is 2.55 bits per heavy atom. The summed E-state index contributed by atoms with van der Waals surface area (Å²) >= 11 is 0. The van der Waals surface area contributed by atoms with Gasteiger partial charge in [-0.15, -0.1) is 0 Å². The fourth-order valence-corrected chi connectivity index (χ4v) is 3.34. The summed E-state index contributed by atoms with van der Waals surface area (Å²) < 4.78 is 42.3. The van der Waals surface area contributed by atoms with Gasteiger partial charge in [-0.2, -0.15) is 20.1 Å². The van der Waals surface area contributed by atoms with Gasteiger partial charge in [-0.05, 0) is 42.5 Å². The van der Waals surface area contributed by atoms with Gasteiger partial charge in [-0.1, -0.05) is 6.07 Å². The van der Waals surface area contributed by atoms with E-state index in [9.17, 15) is 23.1 Å². The molecule has 0 aliphatic rings. The van der Waals surface area contributed by atoms with Crippen LogP contribution in [0.4, 0.5) is 13.2 Å². The summed E-state index contributed by atoms with van der Waals surface area (Å²) in [5.41, 5.74) is 1.10. The first-order valence-electron chi connectivity index (χ1n) is 9.96. The number of aliphatic hydroxyl groups is 1. The summed E-state index contributed by atoms with van der Waals surface area (Å²) in [6, 6.07) is 9.88. The fraction of sp³-hybridized carbons (Fsp3) is 0.182. The van der Waals surface area contributed by atoms with Crippen LogP contribution in [0.1, 0.15) is 10.4 Å². The lowest BCUT2D eigenvalue weighted by Crippen LogP contribution is -2.46. The molecule has 0 spiro atoms. The molecule has 2 heterocycles. The molecule has 33 heavy (non-hydrogen) atoms. The number of halogens is 3. The number of amides is 1. The van der Waals surface area contributed by atoms with Gasteiger partial charge in [0.15, 0.2) is 0 Å². The van der Waals surface area contributed by atoms with Gasteiger partial charge >= 0.3 is 0 Å². The number of nitrogens with one attached hydrogen (secondary N) is 2. The standard InChI is InChI=1S/C22H19F3N6O2/c23-14-6-4-13(5-7-14)18-10-19(30-29-18)21-15(2-1-3-16(21)24)22(33)28-20(17(25)12-32)11-31-26-8-9-27-31/h1-10,17,20,32H,11-12H2,(H,28,33)(H,29,30)/t17-,20-/m1/s1. The third kappa shape index (κ3) is 4.93. The molecule has 1 amide bonds. The maximum atomic E-state index is 14.8. The zero-order chi connectivity index (χ0) is 23.4. The SMILES string of the molecule is O=C(N[C@H](Cn1nccn1)[C@H](F)CO)c1cccc(F)c1-c1cc(-c2ccc(F)cc2)n[nH]1. The van der Waals surface area contributed by atoms with Crippen LogP contribution in [0.3, 0.4) is 0 Å². The fourth-order valence-electron chi connectivity index (χ4n) is 3.34. The van der Waals surface area contributed by atoms with E-state index >= 15 is 0 Å². The van der Waals surface area contributed by atoms with Gasteiger partial charge in [0.1, 0.15) is 17.8 Å². The topological polar surface area (TPSA) is 109 Å². The summed E-state index contributed by atoms with van der Waals surface area (Å²) in [5, 5.41) is 26.3. The number of benzene rings is 2. The average molecular weight is 456 g/mol. The highest BCUT2D eigenvalue weighted by atomic mass is 19.1. The lowest BCUT2D eigenvalue weighted by Gasteiger charge is -2.21. The number of aromatic amines is 1. The molecule has 0 unspecified atom stereocenters. The number of H-pyrrole nitrogens is 1. The normalized spacial score (nSPS) is 13.0. The molecule has 2 atom stereocenters. The molecule has 2 aromatic carbocycles. The Labute approximate surface area is 186 Å². The van der Waals surface area contributed by atoms with Crippen molar-refractivity contribution in [3.8, 4) is 22.5 Å². The molecule has 0 radical (unpaired) electrons. The first-order valence-corrected chi connectivity index (χ1v) is 9.96. The molecule has 0 aliphatic carbocycles. The molecule has 2 aromatic heterocycles. The van der Waals surface area contributed by atoms with Gasteiger partial charge in [-0.3, -0.25) is 9.89 Å². The van der Waals surface area contributed by atoms with Crippen molar-refractivity contribution in [1.29, 1.82) is 0 Å². The van der Waals surface area contributed by atoms with Crippen molar-refractivity contribution >= 4 is 5.91 Å². The minimum absolute atomic E-state index is 0.0622. The Kier molecular flexibility index (Phi) is 6.50. The smallest absolute Gasteiger partial charge is 0.252 e. The number of hydrogen-bond acceptors (Lipinski definition) is 5. The van der Waals surface area contributed by atoms with E-state index in [1.54, 1.807) is 0 Å². The minimum atomic E-state index is -1.80. The van der Waals surface area contributed by atoms with Gasteiger partial charge in [0.25, 0.3) is 5.91 Å². The van der Waals surface area contributed by atoms with Crippen LogP contribution >= 0.6 is 0 Å². The van der Waals surface area contributed by atoms with Crippen molar-refractivity contribution < 1.29 is 23.1 Å². The molecular weight excluding hydrogens is 437 g/mol. The van der Waals surface area contributed by atoms with Crippen molar-refractivity contribution in [2.45, 2.75) is 18.8 Å². The van der Waals surface area contributed by atoms with Crippen molar-refractivity contribution in [3.63, 3.8) is 0 Å². The van der Waals surface area contributed by atoms with Crippen LogP contribution in [-0.2, 0) is 6.54 Å². The quantitative estimate of drug-likeness (QED) is 0.378. The van der Waals surface area contributed by atoms with Gasteiger partial charge < -0.3 is 10.4 Å². The third-order valence-corrected chi connectivity index (χ3v) is 5.00. The molecule has 0 fully saturated rings. The molecule has 4 rings (SSSR count). The van der Waals surface area contributed by atoms with E-state index < -0.39 is 36.4 Å². The number of carbonyl (C=O) groups excluding carboxylic acids is 1. The highest BCUT2D eigenvalue weighted by molar-refractivity contribution is 6.01. The maximum absolute atomic E-state index is 14.8. The lowest BCUT2D eigenvalue weighted by atomic mass is 10.0. The van der Waals surface area contributed by atoms with Crippen molar-refractivity contribution in [2.75, 3.05) is 6.61 Å². The number of nitrogens with zero attached hydrogens (tertiary/aromatic N) is 4. The van der Waals surface area contributed by atoms with E-state index in [1.165, 1.54) is 65.7 Å². The summed E-state index contributed by atoms with van der Waals surface area (Å²) in [6.07, 6.45) is 0.994. The third-order valence-electron chi connectivity index (χ3n) is 5.00. The van der Waals surface area contributed by atoms with E-state index in [-0.39, 0.29) is 23.4 Å². The lowest BCUT2D eigenvalue weighted by molar-refractivity contribution is 0.0845. The monoisotopic (exact) mass is 456 g/mol. The molecular formula is C22H19F3N6O2. The molecule has 11 heteroatoms. The molecule has 0 saturated heterocycles. The maximum Gasteiger partial charge on any atom is 0.252 e. The van der Waals surface area contributed by atoms with Gasteiger partial charge in [0.05, 0.1) is 48.5 Å². The van der Waals surface area contributed by atoms with Crippen molar-refractivity contribution in [1.82, 2.24) is 30.5 Å². The number of rotatable bonds is 8. The second-order valence-corrected chi connectivity index (χ2v) is 7.20. The van der Waals surface area contributed by atoms with E-state index in [1.807, 2.05) is 0 Å². The number of aromatic nitrogens is 5. The predicted molar refractivity (Wildman–Crippen MR) is 113 cm³/mol. The number of carbonyl (C=O) groups is 1. The van der Waals surface area contributed by atoms with Crippen LogP contribution in [0.2, 0.25) is 0 Å². The largest absolute Gasteiger partial charge is 0.393 e. The minimum Gasteiger partial charge on any atom is -0.393 e. The Hall–Kier alpha value is -3.99. The Balaban J connectivity index is 1.63. The predicted octanol–water partition coefficient (Wildman–Crippen LogP) is 2.74. The first-order chi connectivity index (χ1) is 16.0. The van der Waals surface area contributed by atoms with Gasteiger partial charge in [0.2, 0.25) is 0 Å². The molecule has 170 valence electrons. The van der Waals surface area contributed by atoms with E-state index in [4.69, 9.17) is 0 Å². The molecule has 8 nitrogen and oxygen atoms in total. The Morgan fingerprint density at radius 2 is 1.85 bits per heavy atom. The summed E-state index contributed by atoms with van der Waals surface area (Å²) in [6.45, 7) is -0.965. The molecule has 0 bridgehead atoms. The highest BCUT2D eigenvalue weighted by Crippen LogP contribution is 2.29. The number of alkyl halides is 1. The Morgan fingerprint density at radius 1 is 1.12 bits per heavy atom. The van der Waals surface area contributed by atoms with E-state index in [0.717, 1.165) is 0 Å². The zero-order valence-corrected chi connectivity index (χ0v) is 17.1.